The lowest BCUT2D eigenvalue weighted by Gasteiger charge is -2.23. The zero-order valence-corrected chi connectivity index (χ0v) is 15.1. The molecule has 0 saturated heterocycles. The summed E-state index contributed by atoms with van der Waals surface area (Å²) in [5.41, 5.74) is 0. The molecule has 0 aliphatic rings. The smallest absolute Gasteiger partial charge is 0.335 e. The number of carboxylic acid groups (broad SMARTS) is 1. The maximum absolute atomic E-state index is 11.6. The standard InChI is InChI=1S/C22H14O7/c1-2-3-4-5-6-7-8-9-10-11-12-13-14-15-16-17(23)18(24)19(25)20(26)21(27)22(28)29/h18-21,24-27H,16H2,1H3,(H,28,29)/t18-,19+,20-,21-/m1/s1. The highest BCUT2D eigenvalue weighted by Crippen LogP contribution is 2.07. The number of Topliss-reactive ketones (excluding diaryl/α,β-unsaturated/α-hetero) is 1. The summed E-state index contributed by atoms with van der Waals surface area (Å²) in [5, 5.41) is 46.0. The maximum Gasteiger partial charge on any atom is 0.335 e. The number of aliphatic hydroxyl groups excluding tert-OH is 4. The van der Waals surface area contributed by atoms with Gasteiger partial charge in [-0.15, -0.1) is 0 Å². The first-order valence-electron chi connectivity index (χ1n) is 7.70. The molecule has 0 aromatic carbocycles. The average molecular weight is 390 g/mol. The lowest BCUT2D eigenvalue weighted by atomic mass is 9.99. The number of rotatable bonds is 6. The molecule has 0 aromatic heterocycles. The second-order valence-electron chi connectivity index (χ2n) is 4.78. The molecule has 144 valence electrons. The van der Waals surface area contributed by atoms with Gasteiger partial charge in [0.1, 0.15) is 18.3 Å². The number of carbonyl (C=O) groups is 2. The van der Waals surface area contributed by atoms with E-state index in [2.05, 4.69) is 82.9 Å². The monoisotopic (exact) mass is 390 g/mol. The van der Waals surface area contributed by atoms with Crippen LogP contribution in [0.5, 0.6) is 0 Å². The Bertz CT molecular complexity index is 1050. The van der Waals surface area contributed by atoms with Gasteiger partial charge in [0.15, 0.2) is 11.9 Å². The average Bonchev–Trinajstić information content (AvgIpc) is 2.71. The Balaban J connectivity index is 4.60. The molecule has 0 aliphatic heterocycles. The Morgan fingerprint density at radius 2 is 1.03 bits per heavy atom. The summed E-state index contributed by atoms with van der Waals surface area (Å²) in [6, 6.07) is 0. The minimum atomic E-state index is -2.36. The quantitative estimate of drug-likeness (QED) is 0.317. The molecule has 0 aliphatic carbocycles. The van der Waals surface area contributed by atoms with Crippen LogP contribution in [0.15, 0.2) is 0 Å². The van der Waals surface area contributed by atoms with Gasteiger partial charge in [0.2, 0.25) is 0 Å². The van der Waals surface area contributed by atoms with Gasteiger partial charge < -0.3 is 25.5 Å². The van der Waals surface area contributed by atoms with Gasteiger partial charge in [0.25, 0.3) is 0 Å². The number of carbonyl (C=O) groups excluding carboxylic acids is 1. The molecule has 0 amide bonds. The number of hydrogen-bond acceptors (Lipinski definition) is 6. The van der Waals surface area contributed by atoms with Gasteiger partial charge in [-0.1, -0.05) is 11.8 Å². The van der Waals surface area contributed by atoms with Gasteiger partial charge in [-0.3, -0.25) is 4.79 Å². The Morgan fingerprint density at radius 1 is 0.655 bits per heavy atom. The van der Waals surface area contributed by atoms with E-state index in [-0.39, 0.29) is 0 Å². The fourth-order valence-electron chi connectivity index (χ4n) is 1.37. The van der Waals surface area contributed by atoms with E-state index >= 15 is 0 Å². The highest BCUT2D eigenvalue weighted by atomic mass is 16.4. The highest BCUT2D eigenvalue weighted by Gasteiger charge is 2.36. The molecular formula is C22H14O7. The van der Waals surface area contributed by atoms with E-state index in [4.69, 9.17) is 10.2 Å². The third-order valence-electron chi connectivity index (χ3n) is 2.74. The fraction of sp³-hybridized carbons (Fsp3) is 0.273. The van der Waals surface area contributed by atoms with Crippen LogP contribution in [0.25, 0.3) is 0 Å². The zero-order valence-electron chi connectivity index (χ0n) is 15.1. The van der Waals surface area contributed by atoms with Gasteiger partial charge in [0, 0.05) is 0 Å². The third kappa shape index (κ3) is 11.3. The van der Waals surface area contributed by atoms with E-state index in [0.29, 0.717) is 0 Å². The van der Waals surface area contributed by atoms with Gasteiger partial charge in [-0.05, 0) is 78.0 Å². The summed E-state index contributed by atoms with van der Waals surface area (Å²) in [6.07, 6.45) is -9.47. The van der Waals surface area contributed by atoms with Crippen molar-refractivity contribution in [1.29, 1.82) is 0 Å². The van der Waals surface area contributed by atoms with E-state index in [0.717, 1.165) is 0 Å². The largest absolute Gasteiger partial charge is 0.479 e. The molecule has 0 rings (SSSR count). The SMILES string of the molecule is CC#CC#CC#CC#CC#CC#CC#CCC(=O)[C@@H](O)[C@H](O)[C@@H](O)[C@@H](O)C(=O)O. The third-order valence-corrected chi connectivity index (χ3v) is 2.74. The van der Waals surface area contributed by atoms with E-state index in [1.165, 1.54) is 0 Å². The molecule has 7 heteroatoms. The van der Waals surface area contributed by atoms with E-state index < -0.39 is 42.6 Å². The van der Waals surface area contributed by atoms with Crippen molar-refractivity contribution in [3.8, 4) is 82.9 Å². The van der Waals surface area contributed by atoms with Crippen LogP contribution < -0.4 is 0 Å². The molecule has 0 heterocycles. The Kier molecular flexibility index (Phi) is 12.9. The summed E-state index contributed by atoms with van der Waals surface area (Å²) < 4.78 is 0. The summed E-state index contributed by atoms with van der Waals surface area (Å²) in [6.45, 7) is 1.65. The molecule has 4 atom stereocenters. The van der Waals surface area contributed by atoms with Crippen molar-refractivity contribution in [2.24, 2.45) is 0 Å². The van der Waals surface area contributed by atoms with Crippen LogP contribution in [0.1, 0.15) is 13.3 Å². The first-order valence-corrected chi connectivity index (χ1v) is 7.70. The molecule has 0 radical (unpaired) electrons. The Morgan fingerprint density at radius 3 is 1.45 bits per heavy atom. The molecule has 0 bridgehead atoms. The second-order valence-corrected chi connectivity index (χ2v) is 4.78. The van der Waals surface area contributed by atoms with Crippen molar-refractivity contribution in [1.82, 2.24) is 0 Å². The van der Waals surface area contributed by atoms with Crippen molar-refractivity contribution in [3.63, 3.8) is 0 Å². The van der Waals surface area contributed by atoms with Crippen molar-refractivity contribution in [2.45, 2.75) is 37.8 Å². The summed E-state index contributed by atoms with van der Waals surface area (Å²) in [4.78, 5) is 22.1. The minimum absolute atomic E-state index is 0.533. The molecule has 0 unspecified atom stereocenters. The molecule has 0 spiro atoms. The van der Waals surface area contributed by atoms with E-state index in [9.17, 15) is 24.9 Å². The van der Waals surface area contributed by atoms with Crippen molar-refractivity contribution in [2.75, 3.05) is 0 Å². The molecule has 29 heavy (non-hydrogen) atoms. The normalized spacial score (nSPS) is 11.8. The van der Waals surface area contributed by atoms with Gasteiger partial charge in [-0.2, -0.15) is 0 Å². The van der Waals surface area contributed by atoms with Crippen LogP contribution in [-0.2, 0) is 9.59 Å². The highest BCUT2D eigenvalue weighted by molar-refractivity contribution is 5.86. The summed E-state index contributed by atoms with van der Waals surface area (Å²) in [5.74, 6) is 30.8. The zero-order chi connectivity index (χ0) is 22.1. The van der Waals surface area contributed by atoms with Crippen LogP contribution in [0.2, 0.25) is 0 Å². The van der Waals surface area contributed by atoms with Crippen LogP contribution in [0, 0.1) is 82.9 Å². The first-order chi connectivity index (χ1) is 13.8. The van der Waals surface area contributed by atoms with Crippen LogP contribution in [0.3, 0.4) is 0 Å². The van der Waals surface area contributed by atoms with Gasteiger partial charge in [-0.25, -0.2) is 4.79 Å². The Hall–Kier alpha value is -4.10. The number of aliphatic carboxylic acids is 1. The van der Waals surface area contributed by atoms with E-state index in [1.807, 2.05) is 0 Å². The number of ketones is 1. The van der Waals surface area contributed by atoms with Crippen LogP contribution in [0.4, 0.5) is 0 Å². The molecule has 5 N–H and O–H groups in total. The Labute approximate surface area is 168 Å². The first kappa shape index (κ1) is 24.9. The number of hydrogen-bond donors (Lipinski definition) is 5. The van der Waals surface area contributed by atoms with Crippen molar-refractivity contribution >= 4 is 11.8 Å². The summed E-state index contributed by atoms with van der Waals surface area (Å²) in [7, 11) is 0. The molecule has 0 aromatic rings. The second kappa shape index (κ2) is 15.0. The van der Waals surface area contributed by atoms with Gasteiger partial charge >= 0.3 is 5.97 Å². The van der Waals surface area contributed by atoms with Crippen molar-refractivity contribution in [3.05, 3.63) is 0 Å². The molecular weight excluding hydrogens is 376 g/mol. The number of aliphatic hydroxyl groups is 4. The minimum Gasteiger partial charge on any atom is -0.479 e. The molecule has 0 fully saturated rings. The van der Waals surface area contributed by atoms with Gasteiger partial charge in [0.05, 0.1) is 6.42 Å². The molecule has 0 saturated carbocycles. The van der Waals surface area contributed by atoms with E-state index in [1.54, 1.807) is 6.92 Å². The maximum atomic E-state index is 11.6. The fourth-order valence-corrected chi connectivity index (χ4v) is 1.37. The van der Waals surface area contributed by atoms with Crippen LogP contribution >= 0.6 is 0 Å². The number of carboxylic acids is 1. The van der Waals surface area contributed by atoms with Crippen LogP contribution in [-0.4, -0.2) is 61.7 Å². The molecule has 7 nitrogen and oxygen atoms in total. The summed E-state index contributed by atoms with van der Waals surface area (Å²) >= 11 is 0. The topological polar surface area (TPSA) is 135 Å². The lowest BCUT2D eigenvalue weighted by molar-refractivity contribution is -0.165. The predicted molar refractivity (Wildman–Crippen MR) is 101 cm³/mol. The lowest BCUT2D eigenvalue weighted by Crippen LogP contribution is -2.49. The predicted octanol–water partition coefficient (Wildman–Crippen LogP) is -2.48. The van der Waals surface area contributed by atoms with Crippen molar-refractivity contribution < 1.29 is 35.1 Å².